The number of aromatic nitrogens is 2. The normalized spacial score (nSPS) is 13.2. The second kappa shape index (κ2) is 5.18. The van der Waals surface area contributed by atoms with Crippen molar-refractivity contribution in [3.8, 4) is 0 Å². The van der Waals surface area contributed by atoms with Gasteiger partial charge < -0.3 is 15.7 Å². The van der Waals surface area contributed by atoms with Crippen molar-refractivity contribution >= 4 is 11.7 Å². The van der Waals surface area contributed by atoms with E-state index in [4.69, 9.17) is 5.11 Å². The Kier molecular flexibility index (Phi) is 4.11. The molecule has 0 radical (unpaired) electrons. The molecule has 1 aromatic heterocycles. The Balaban J connectivity index is 2.58. The fourth-order valence-corrected chi connectivity index (χ4v) is 1.19. The predicted octanol–water partition coefficient (Wildman–Crippen LogP) is 1.14. The van der Waals surface area contributed by atoms with Crippen LogP contribution in [0, 0.1) is 0 Å². The summed E-state index contributed by atoms with van der Waals surface area (Å²) in [4.78, 5) is 11.5. The molecule has 1 atom stereocenters. The average molecular weight is 240 g/mol. The third kappa shape index (κ3) is 4.07. The number of aliphatic hydroxyl groups is 1. The van der Waals surface area contributed by atoms with Gasteiger partial charge in [-0.1, -0.05) is 0 Å². The number of amides is 2. The van der Waals surface area contributed by atoms with Crippen LogP contribution < -0.4 is 10.6 Å². The van der Waals surface area contributed by atoms with E-state index in [1.165, 1.54) is 0 Å². The number of aliphatic hydroxyl groups excluding tert-OH is 1. The Labute approximate surface area is 101 Å². The van der Waals surface area contributed by atoms with Gasteiger partial charge in [-0.25, -0.2) is 4.79 Å². The molecule has 0 bridgehead atoms. The lowest BCUT2D eigenvalue weighted by Crippen LogP contribution is -2.38. The van der Waals surface area contributed by atoms with Crippen LogP contribution in [0.25, 0.3) is 0 Å². The van der Waals surface area contributed by atoms with E-state index in [0.717, 1.165) is 0 Å². The van der Waals surface area contributed by atoms with Gasteiger partial charge in [-0.05, 0) is 27.7 Å². The SMILES string of the molecule is C[C@@H](CO)NC(=O)Nc1cnn(C(C)(C)C)c1. The molecule has 0 unspecified atom stereocenters. The van der Waals surface area contributed by atoms with Crippen molar-refractivity contribution in [2.45, 2.75) is 39.3 Å². The first-order valence-electron chi connectivity index (χ1n) is 5.56. The monoisotopic (exact) mass is 240 g/mol. The van der Waals surface area contributed by atoms with Gasteiger partial charge in [-0.3, -0.25) is 4.68 Å². The summed E-state index contributed by atoms with van der Waals surface area (Å²) in [5, 5.41) is 18.2. The Morgan fingerprint density at radius 3 is 2.71 bits per heavy atom. The van der Waals surface area contributed by atoms with Crippen LogP contribution in [0.5, 0.6) is 0 Å². The lowest BCUT2D eigenvalue weighted by atomic mass is 10.1. The van der Waals surface area contributed by atoms with Crippen LogP contribution in [0.15, 0.2) is 12.4 Å². The van der Waals surface area contributed by atoms with Gasteiger partial charge in [0.25, 0.3) is 0 Å². The highest BCUT2D eigenvalue weighted by Gasteiger charge is 2.15. The molecule has 0 spiro atoms. The number of nitrogens with zero attached hydrogens (tertiary/aromatic N) is 2. The smallest absolute Gasteiger partial charge is 0.319 e. The van der Waals surface area contributed by atoms with E-state index in [-0.39, 0.29) is 24.2 Å². The largest absolute Gasteiger partial charge is 0.394 e. The number of hydrogen-bond donors (Lipinski definition) is 3. The van der Waals surface area contributed by atoms with E-state index >= 15 is 0 Å². The van der Waals surface area contributed by atoms with Crippen molar-refractivity contribution in [2.24, 2.45) is 0 Å². The Morgan fingerprint density at radius 2 is 2.24 bits per heavy atom. The molecule has 0 aromatic carbocycles. The summed E-state index contributed by atoms with van der Waals surface area (Å²) in [5.41, 5.74) is 0.511. The van der Waals surface area contributed by atoms with Crippen LogP contribution in [0.4, 0.5) is 10.5 Å². The number of nitrogens with one attached hydrogen (secondary N) is 2. The highest BCUT2D eigenvalue weighted by molar-refractivity contribution is 5.89. The molecule has 0 fully saturated rings. The van der Waals surface area contributed by atoms with Crippen molar-refractivity contribution in [1.82, 2.24) is 15.1 Å². The van der Waals surface area contributed by atoms with Gasteiger partial charge >= 0.3 is 6.03 Å². The zero-order valence-electron chi connectivity index (χ0n) is 10.7. The van der Waals surface area contributed by atoms with Gasteiger partial charge in [0, 0.05) is 6.20 Å². The second-order valence-corrected chi connectivity index (χ2v) is 5.03. The number of urea groups is 1. The summed E-state index contributed by atoms with van der Waals surface area (Å²) >= 11 is 0. The van der Waals surface area contributed by atoms with Crippen LogP contribution in [-0.4, -0.2) is 33.6 Å². The number of carbonyl (C=O) groups is 1. The first-order valence-corrected chi connectivity index (χ1v) is 5.56. The number of carbonyl (C=O) groups excluding carboxylic acids is 1. The van der Waals surface area contributed by atoms with Gasteiger partial charge in [-0.2, -0.15) is 5.10 Å². The Hall–Kier alpha value is -1.56. The minimum absolute atomic E-state index is 0.0886. The number of rotatable bonds is 3. The molecule has 17 heavy (non-hydrogen) atoms. The summed E-state index contributed by atoms with van der Waals surface area (Å²) < 4.78 is 1.78. The molecule has 0 aliphatic carbocycles. The summed E-state index contributed by atoms with van der Waals surface area (Å²) in [5.74, 6) is 0. The molecule has 0 saturated heterocycles. The molecular formula is C11H20N4O2. The van der Waals surface area contributed by atoms with Crippen molar-refractivity contribution in [2.75, 3.05) is 11.9 Å². The maximum atomic E-state index is 11.5. The first-order chi connectivity index (χ1) is 7.82. The molecule has 3 N–H and O–H groups in total. The van der Waals surface area contributed by atoms with E-state index in [9.17, 15) is 4.79 Å². The summed E-state index contributed by atoms with van der Waals surface area (Å²) in [6.45, 7) is 7.71. The van der Waals surface area contributed by atoms with Crippen molar-refractivity contribution in [3.05, 3.63) is 12.4 Å². The molecule has 0 aliphatic rings. The second-order valence-electron chi connectivity index (χ2n) is 5.03. The summed E-state index contributed by atoms with van der Waals surface area (Å²) in [6.07, 6.45) is 3.36. The zero-order valence-corrected chi connectivity index (χ0v) is 10.7. The number of hydrogen-bond acceptors (Lipinski definition) is 3. The number of anilines is 1. The van der Waals surface area contributed by atoms with Crippen LogP contribution >= 0.6 is 0 Å². The molecule has 1 rings (SSSR count). The van der Waals surface area contributed by atoms with Gasteiger partial charge in [-0.15, -0.1) is 0 Å². The van der Waals surface area contributed by atoms with Crippen LogP contribution in [-0.2, 0) is 5.54 Å². The third-order valence-corrected chi connectivity index (χ3v) is 2.18. The van der Waals surface area contributed by atoms with E-state index in [1.807, 2.05) is 20.8 Å². The van der Waals surface area contributed by atoms with Gasteiger partial charge in [0.2, 0.25) is 0 Å². The molecule has 1 aromatic rings. The van der Waals surface area contributed by atoms with E-state index in [0.29, 0.717) is 5.69 Å². The third-order valence-electron chi connectivity index (χ3n) is 2.18. The lowest BCUT2D eigenvalue weighted by molar-refractivity contribution is 0.229. The quantitative estimate of drug-likeness (QED) is 0.741. The van der Waals surface area contributed by atoms with Crippen LogP contribution in [0.3, 0.4) is 0 Å². The summed E-state index contributed by atoms with van der Waals surface area (Å²) in [7, 11) is 0. The fraction of sp³-hybridized carbons (Fsp3) is 0.636. The molecule has 6 nitrogen and oxygen atoms in total. The predicted molar refractivity (Wildman–Crippen MR) is 65.9 cm³/mol. The topological polar surface area (TPSA) is 79.2 Å². The highest BCUT2D eigenvalue weighted by atomic mass is 16.3. The first kappa shape index (κ1) is 13.5. The fourth-order valence-electron chi connectivity index (χ4n) is 1.19. The molecule has 0 saturated carbocycles. The molecular weight excluding hydrogens is 220 g/mol. The van der Waals surface area contributed by atoms with Gasteiger partial charge in [0.05, 0.1) is 30.1 Å². The minimum Gasteiger partial charge on any atom is -0.394 e. The Morgan fingerprint density at radius 1 is 1.59 bits per heavy atom. The molecule has 1 heterocycles. The average Bonchev–Trinajstić information content (AvgIpc) is 2.65. The molecule has 0 aliphatic heterocycles. The van der Waals surface area contributed by atoms with Gasteiger partial charge in [0.1, 0.15) is 0 Å². The van der Waals surface area contributed by atoms with Crippen LogP contribution in [0.2, 0.25) is 0 Å². The van der Waals surface area contributed by atoms with Crippen molar-refractivity contribution < 1.29 is 9.90 Å². The van der Waals surface area contributed by atoms with Gasteiger partial charge in [0.15, 0.2) is 0 Å². The van der Waals surface area contributed by atoms with E-state index in [1.54, 1.807) is 24.0 Å². The maximum absolute atomic E-state index is 11.5. The van der Waals surface area contributed by atoms with Crippen molar-refractivity contribution in [3.63, 3.8) is 0 Å². The lowest BCUT2D eigenvalue weighted by Gasteiger charge is -2.18. The van der Waals surface area contributed by atoms with E-state index in [2.05, 4.69) is 15.7 Å². The maximum Gasteiger partial charge on any atom is 0.319 e. The highest BCUT2D eigenvalue weighted by Crippen LogP contribution is 2.15. The molecule has 2 amide bonds. The van der Waals surface area contributed by atoms with E-state index < -0.39 is 0 Å². The zero-order chi connectivity index (χ0) is 13.1. The molecule has 96 valence electrons. The molecule has 6 heteroatoms. The standard InChI is InChI=1S/C11H20N4O2/c1-8(7-16)13-10(17)14-9-5-12-15(6-9)11(2,3)4/h5-6,8,16H,7H2,1-4H3,(H2,13,14,17)/t8-/m0/s1. The summed E-state index contributed by atoms with van der Waals surface area (Å²) in [6, 6.07) is -0.618. The Bertz CT molecular complexity index is 381. The van der Waals surface area contributed by atoms with Crippen molar-refractivity contribution in [1.29, 1.82) is 0 Å². The minimum atomic E-state index is -0.347. The van der Waals surface area contributed by atoms with Crippen LogP contribution in [0.1, 0.15) is 27.7 Å².